The maximum Gasteiger partial charge on any atom is 0.313 e. The molecule has 1 amide bonds. The van der Waals surface area contributed by atoms with Crippen LogP contribution < -0.4 is 5.32 Å². The molecular formula is C9H14N4O3S. The van der Waals surface area contributed by atoms with Crippen LogP contribution in [0.5, 0.6) is 0 Å². The number of carbonyl (C=O) groups is 2. The Morgan fingerprint density at radius 3 is 2.88 bits per heavy atom. The number of rotatable bonds is 7. The van der Waals surface area contributed by atoms with Crippen LogP contribution in [0.4, 0.5) is 0 Å². The molecule has 0 fully saturated rings. The van der Waals surface area contributed by atoms with E-state index in [-0.39, 0.29) is 17.4 Å². The molecule has 17 heavy (non-hydrogen) atoms. The minimum Gasteiger partial charge on any atom is -0.481 e. The van der Waals surface area contributed by atoms with E-state index in [2.05, 4.69) is 15.5 Å². The molecule has 0 radical (unpaired) electrons. The Morgan fingerprint density at radius 1 is 1.53 bits per heavy atom. The Hall–Kier alpha value is -1.57. The van der Waals surface area contributed by atoms with Gasteiger partial charge in [-0.2, -0.15) is 0 Å². The molecule has 0 unspecified atom stereocenters. The van der Waals surface area contributed by atoms with Gasteiger partial charge in [-0.1, -0.05) is 0 Å². The van der Waals surface area contributed by atoms with Gasteiger partial charge in [-0.15, -0.1) is 22.0 Å². The average Bonchev–Trinajstić information content (AvgIpc) is 2.64. The second-order valence-electron chi connectivity index (χ2n) is 3.34. The lowest BCUT2D eigenvalue weighted by atomic mass is 10.4. The SMILES string of the molecule is Cn1cnnc1CCNC(=O)CSCC(=O)O. The number of carboxylic acids is 1. The summed E-state index contributed by atoms with van der Waals surface area (Å²) in [5, 5.41) is 18.7. The molecule has 0 aliphatic heterocycles. The summed E-state index contributed by atoms with van der Waals surface area (Å²) in [5.41, 5.74) is 0. The van der Waals surface area contributed by atoms with Crippen LogP contribution in [0.1, 0.15) is 5.82 Å². The van der Waals surface area contributed by atoms with E-state index < -0.39 is 5.97 Å². The van der Waals surface area contributed by atoms with Crippen molar-refractivity contribution in [2.45, 2.75) is 6.42 Å². The third kappa shape index (κ3) is 5.34. The van der Waals surface area contributed by atoms with E-state index in [9.17, 15) is 9.59 Å². The fraction of sp³-hybridized carbons (Fsp3) is 0.556. The van der Waals surface area contributed by atoms with Crippen molar-refractivity contribution in [3.63, 3.8) is 0 Å². The van der Waals surface area contributed by atoms with Crippen molar-refractivity contribution in [2.24, 2.45) is 7.05 Å². The van der Waals surface area contributed by atoms with Crippen molar-refractivity contribution in [2.75, 3.05) is 18.1 Å². The monoisotopic (exact) mass is 258 g/mol. The van der Waals surface area contributed by atoms with Gasteiger partial charge in [0, 0.05) is 20.0 Å². The van der Waals surface area contributed by atoms with E-state index in [1.807, 2.05) is 7.05 Å². The highest BCUT2D eigenvalue weighted by Gasteiger charge is 2.05. The zero-order valence-electron chi connectivity index (χ0n) is 9.42. The maximum absolute atomic E-state index is 11.3. The fourth-order valence-corrected chi connectivity index (χ4v) is 1.69. The summed E-state index contributed by atoms with van der Waals surface area (Å²) in [5.74, 6) is -0.189. The van der Waals surface area contributed by atoms with E-state index in [1.54, 1.807) is 10.9 Å². The Balaban J connectivity index is 2.12. The van der Waals surface area contributed by atoms with Crippen molar-refractivity contribution in [1.29, 1.82) is 0 Å². The van der Waals surface area contributed by atoms with Crippen molar-refractivity contribution in [3.05, 3.63) is 12.2 Å². The number of nitrogens with zero attached hydrogens (tertiary/aromatic N) is 3. The Bertz CT molecular complexity index is 393. The average molecular weight is 258 g/mol. The molecule has 0 aromatic carbocycles. The molecule has 1 aromatic rings. The lowest BCUT2D eigenvalue weighted by Crippen LogP contribution is -2.28. The van der Waals surface area contributed by atoms with Crippen LogP contribution in [-0.4, -0.2) is 49.8 Å². The minimum absolute atomic E-state index is 0.0588. The topological polar surface area (TPSA) is 97.1 Å². The second-order valence-corrected chi connectivity index (χ2v) is 4.33. The summed E-state index contributed by atoms with van der Waals surface area (Å²) < 4.78 is 1.78. The number of nitrogens with one attached hydrogen (secondary N) is 1. The number of hydrogen-bond acceptors (Lipinski definition) is 5. The first-order valence-electron chi connectivity index (χ1n) is 4.98. The van der Waals surface area contributed by atoms with Crippen molar-refractivity contribution in [3.8, 4) is 0 Å². The van der Waals surface area contributed by atoms with Gasteiger partial charge < -0.3 is 15.0 Å². The molecule has 0 saturated carbocycles. The summed E-state index contributed by atoms with van der Waals surface area (Å²) in [6.45, 7) is 0.471. The molecule has 7 nitrogen and oxygen atoms in total. The maximum atomic E-state index is 11.3. The standard InChI is InChI=1S/C9H14N4O3S/c1-13-6-11-12-7(13)2-3-10-8(14)4-17-5-9(15)16/h6H,2-5H2,1H3,(H,10,14)(H,15,16). The molecule has 0 aliphatic carbocycles. The zero-order valence-corrected chi connectivity index (χ0v) is 10.2. The first-order chi connectivity index (χ1) is 8.09. The normalized spacial score (nSPS) is 10.2. The molecule has 1 rings (SSSR count). The third-order valence-corrected chi connectivity index (χ3v) is 2.85. The van der Waals surface area contributed by atoms with Gasteiger partial charge >= 0.3 is 5.97 Å². The molecule has 0 bridgehead atoms. The van der Waals surface area contributed by atoms with Crippen LogP contribution in [-0.2, 0) is 23.1 Å². The molecule has 0 spiro atoms. The molecule has 0 atom stereocenters. The molecule has 0 saturated heterocycles. The number of carbonyl (C=O) groups excluding carboxylic acids is 1. The van der Waals surface area contributed by atoms with Gasteiger partial charge in [0.1, 0.15) is 12.2 Å². The van der Waals surface area contributed by atoms with Crippen LogP contribution in [0.3, 0.4) is 0 Å². The van der Waals surface area contributed by atoms with Gasteiger partial charge in [0.05, 0.1) is 11.5 Å². The summed E-state index contributed by atoms with van der Waals surface area (Å²) in [6.07, 6.45) is 2.20. The number of aromatic nitrogens is 3. The van der Waals surface area contributed by atoms with Crippen molar-refractivity contribution >= 4 is 23.6 Å². The predicted molar refractivity (Wildman–Crippen MR) is 62.7 cm³/mol. The molecule has 1 aromatic heterocycles. The van der Waals surface area contributed by atoms with Gasteiger partial charge in [0.25, 0.3) is 0 Å². The van der Waals surface area contributed by atoms with E-state index >= 15 is 0 Å². The van der Waals surface area contributed by atoms with E-state index in [1.165, 1.54) is 0 Å². The summed E-state index contributed by atoms with van der Waals surface area (Å²) >= 11 is 1.08. The minimum atomic E-state index is -0.915. The number of aryl methyl sites for hydroxylation is 1. The van der Waals surface area contributed by atoms with E-state index in [0.717, 1.165) is 17.6 Å². The Morgan fingerprint density at radius 2 is 2.29 bits per heavy atom. The summed E-state index contributed by atoms with van der Waals surface area (Å²) in [6, 6.07) is 0. The highest BCUT2D eigenvalue weighted by molar-refractivity contribution is 8.00. The van der Waals surface area contributed by atoms with Crippen LogP contribution >= 0.6 is 11.8 Å². The molecule has 94 valence electrons. The van der Waals surface area contributed by atoms with Crippen molar-refractivity contribution < 1.29 is 14.7 Å². The van der Waals surface area contributed by atoms with Gasteiger partial charge in [0.2, 0.25) is 5.91 Å². The van der Waals surface area contributed by atoms with Gasteiger partial charge in [0.15, 0.2) is 0 Å². The first-order valence-corrected chi connectivity index (χ1v) is 6.14. The highest BCUT2D eigenvalue weighted by atomic mass is 32.2. The summed E-state index contributed by atoms with van der Waals surface area (Å²) in [7, 11) is 1.83. The molecule has 0 aliphatic rings. The molecule has 8 heteroatoms. The number of thioether (sulfide) groups is 1. The van der Waals surface area contributed by atoms with E-state index in [4.69, 9.17) is 5.11 Å². The van der Waals surface area contributed by atoms with Crippen LogP contribution in [0.2, 0.25) is 0 Å². The number of aliphatic carboxylic acids is 1. The third-order valence-electron chi connectivity index (χ3n) is 1.93. The largest absolute Gasteiger partial charge is 0.481 e. The number of amides is 1. The highest BCUT2D eigenvalue weighted by Crippen LogP contribution is 1.98. The van der Waals surface area contributed by atoms with Gasteiger partial charge in [-0.3, -0.25) is 9.59 Å². The van der Waals surface area contributed by atoms with Gasteiger partial charge in [-0.25, -0.2) is 0 Å². The fourth-order valence-electron chi connectivity index (χ4n) is 1.13. The Kier molecular flexibility index (Phi) is 5.47. The van der Waals surface area contributed by atoms with Gasteiger partial charge in [-0.05, 0) is 0 Å². The van der Waals surface area contributed by atoms with Crippen LogP contribution in [0.15, 0.2) is 6.33 Å². The first kappa shape index (κ1) is 13.5. The zero-order chi connectivity index (χ0) is 12.7. The summed E-state index contributed by atoms with van der Waals surface area (Å²) in [4.78, 5) is 21.5. The van der Waals surface area contributed by atoms with E-state index in [0.29, 0.717) is 13.0 Å². The molecule has 2 N–H and O–H groups in total. The number of carboxylic acid groups (broad SMARTS) is 1. The predicted octanol–water partition coefficient (Wildman–Crippen LogP) is -0.708. The smallest absolute Gasteiger partial charge is 0.313 e. The van der Waals surface area contributed by atoms with Crippen LogP contribution in [0, 0.1) is 0 Å². The lowest BCUT2D eigenvalue weighted by Gasteiger charge is -2.03. The quantitative estimate of drug-likeness (QED) is 0.670. The second kappa shape index (κ2) is 6.89. The Labute approximate surface area is 103 Å². The molecular weight excluding hydrogens is 244 g/mol. The lowest BCUT2D eigenvalue weighted by molar-refractivity contribution is -0.133. The van der Waals surface area contributed by atoms with Crippen molar-refractivity contribution in [1.82, 2.24) is 20.1 Å². The molecule has 1 heterocycles. The number of hydrogen-bond donors (Lipinski definition) is 2. The van der Waals surface area contributed by atoms with Crippen LogP contribution in [0.25, 0.3) is 0 Å².